The molecule has 2 N–H and O–H groups in total. The Labute approximate surface area is 102 Å². The zero-order chi connectivity index (χ0) is 12.4. The van der Waals surface area contributed by atoms with E-state index in [9.17, 15) is 5.11 Å². The second-order valence-corrected chi connectivity index (χ2v) is 4.33. The highest BCUT2D eigenvalue weighted by Crippen LogP contribution is 2.37. The van der Waals surface area contributed by atoms with Crippen LogP contribution >= 0.6 is 0 Å². The fourth-order valence-corrected chi connectivity index (χ4v) is 2.26. The molecule has 0 spiro atoms. The number of morpholine rings is 1. The van der Waals surface area contributed by atoms with E-state index in [1.807, 2.05) is 13.8 Å². The molecule has 1 aromatic carbocycles. The fourth-order valence-electron chi connectivity index (χ4n) is 2.26. The van der Waals surface area contributed by atoms with E-state index in [4.69, 9.17) is 9.47 Å². The van der Waals surface area contributed by atoms with Gasteiger partial charge in [0.25, 0.3) is 0 Å². The minimum Gasteiger partial charge on any atom is -0.504 e. The lowest BCUT2D eigenvalue weighted by Gasteiger charge is -2.26. The third kappa shape index (κ3) is 2.23. The summed E-state index contributed by atoms with van der Waals surface area (Å²) in [5, 5.41) is 13.2. The monoisotopic (exact) mass is 237 g/mol. The number of benzene rings is 1. The Morgan fingerprint density at radius 2 is 2.18 bits per heavy atom. The highest BCUT2D eigenvalue weighted by molar-refractivity contribution is 5.53. The second kappa shape index (κ2) is 4.94. The summed E-state index contributed by atoms with van der Waals surface area (Å²) in [6, 6.07) is 1.75. The van der Waals surface area contributed by atoms with Crippen LogP contribution < -0.4 is 10.1 Å². The maximum absolute atomic E-state index is 9.93. The number of hydrogen-bond donors (Lipinski definition) is 2. The van der Waals surface area contributed by atoms with Crippen LogP contribution in [0.1, 0.15) is 22.8 Å². The average molecular weight is 237 g/mol. The molecule has 1 aliphatic rings. The van der Waals surface area contributed by atoms with Crippen molar-refractivity contribution >= 4 is 0 Å². The van der Waals surface area contributed by atoms with Crippen molar-refractivity contribution in [2.75, 3.05) is 26.8 Å². The molecular weight excluding hydrogens is 218 g/mol. The van der Waals surface area contributed by atoms with Crippen LogP contribution in [-0.2, 0) is 4.74 Å². The van der Waals surface area contributed by atoms with Gasteiger partial charge in [-0.15, -0.1) is 0 Å². The lowest BCUT2D eigenvalue weighted by Crippen LogP contribution is -2.33. The molecule has 0 saturated carbocycles. The smallest absolute Gasteiger partial charge is 0.163 e. The molecule has 1 unspecified atom stereocenters. The van der Waals surface area contributed by atoms with E-state index in [1.165, 1.54) is 0 Å². The average Bonchev–Trinajstić information content (AvgIpc) is 2.35. The first-order valence-corrected chi connectivity index (χ1v) is 5.84. The molecule has 1 aliphatic heterocycles. The summed E-state index contributed by atoms with van der Waals surface area (Å²) >= 11 is 0. The maximum Gasteiger partial charge on any atom is 0.163 e. The molecule has 0 bridgehead atoms. The lowest BCUT2D eigenvalue weighted by atomic mass is 9.97. The quantitative estimate of drug-likeness (QED) is 0.821. The summed E-state index contributed by atoms with van der Waals surface area (Å²) in [6.45, 7) is 6.36. The second-order valence-electron chi connectivity index (χ2n) is 4.33. The Balaban J connectivity index is 2.40. The van der Waals surface area contributed by atoms with E-state index < -0.39 is 0 Å². The first kappa shape index (κ1) is 12.2. The van der Waals surface area contributed by atoms with E-state index in [1.54, 1.807) is 13.2 Å². The minimum absolute atomic E-state index is 0.0132. The third-order valence-corrected chi connectivity index (χ3v) is 3.34. The molecule has 0 amide bonds. The van der Waals surface area contributed by atoms with Crippen molar-refractivity contribution in [2.24, 2.45) is 0 Å². The van der Waals surface area contributed by atoms with Crippen molar-refractivity contribution < 1.29 is 14.6 Å². The molecule has 1 atom stereocenters. The van der Waals surface area contributed by atoms with E-state index in [0.717, 1.165) is 29.8 Å². The van der Waals surface area contributed by atoms with Gasteiger partial charge in [-0.25, -0.2) is 0 Å². The zero-order valence-electron chi connectivity index (χ0n) is 10.5. The first-order valence-electron chi connectivity index (χ1n) is 5.84. The standard InChI is InChI=1S/C13H19NO3/c1-8-9(2)13(16-3)11(15)6-10(8)12-7-14-4-5-17-12/h6,12,14-15H,4-5,7H2,1-3H3. The van der Waals surface area contributed by atoms with Gasteiger partial charge in [-0.3, -0.25) is 0 Å². The number of rotatable bonds is 2. The van der Waals surface area contributed by atoms with Gasteiger partial charge in [0.1, 0.15) is 0 Å². The Kier molecular flexibility index (Phi) is 3.54. The molecule has 1 aromatic rings. The maximum atomic E-state index is 9.93. The summed E-state index contributed by atoms with van der Waals surface area (Å²) in [4.78, 5) is 0. The summed E-state index contributed by atoms with van der Waals surface area (Å²) < 4.78 is 10.9. The van der Waals surface area contributed by atoms with Crippen LogP contribution in [0.5, 0.6) is 11.5 Å². The van der Waals surface area contributed by atoms with Crippen LogP contribution in [0.15, 0.2) is 6.07 Å². The van der Waals surface area contributed by atoms with Gasteiger partial charge in [-0.1, -0.05) is 0 Å². The zero-order valence-corrected chi connectivity index (χ0v) is 10.5. The third-order valence-electron chi connectivity index (χ3n) is 3.34. The van der Waals surface area contributed by atoms with Crippen LogP contribution in [0, 0.1) is 13.8 Å². The number of phenols is 1. The highest BCUT2D eigenvalue weighted by atomic mass is 16.5. The molecule has 0 radical (unpaired) electrons. The molecule has 4 heteroatoms. The number of ether oxygens (including phenoxy) is 2. The van der Waals surface area contributed by atoms with Gasteiger partial charge >= 0.3 is 0 Å². The molecular formula is C13H19NO3. The van der Waals surface area contributed by atoms with Crippen molar-refractivity contribution in [3.05, 3.63) is 22.8 Å². The predicted molar refractivity (Wildman–Crippen MR) is 65.7 cm³/mol. The van der Waals surface area contributed by atoms with Gasteiger partial charge in [-0.2, -0.15) is 0 Å². The Morgan fingerprint density at radius 3 is 2.76 bits per heavy atom. The van der Waals surface area contributed by atoms with Crippen LogP contribution in [0.4, 0.5) is 0 Å². The SMILES string of the molecule is COc1c(O)cc(C2CNCCO2)c(C)c1C. The molecule has 4 nitrogen and oxygen atoms in total. The van der Waals surface area contributed by atoms with Gasteiger partial charge in [0.15, 0.2) is 11.5 Å². The number of nitrogens with one attached hydrogen (secondary N) is 1. The Morgan fingerprint density at radius 1 is 1.41 bits per heavy atom. The molecule has 94 valence electrons. The first-order chi connectivity index (χ1) is 8.15. The van der Waals surface area contributed by atoms with Gasteiger partial charge in [0, 0.05) is 13.1 Å². The van der Waals surface area contributed by atoms with Crippen LogP contribution in [0.3, 0.4) is 0 Å². The molecule has 1 saturated heterocycles. The molecule has 1 heterocycles. The number of methoxy groups -OCH3 is 1. The minimum atomic E-state index is 0.0132. The van der Waals surface area contributed by atoms with Gasteiger partial charge in [0.05, 0.1) is 19.8 Å². The Hall–Kier alpha value is -1.26. The van der Waals surface area contributed by atoms with Gasteiger partial charge in [0.2, 0.25) is 0 Å². The topological polar surface area (TPSA) is 50.7 Å². The number of aromatic hydroxyl groups is 1. The van der Waals surface area contributed by atoms with Crippen molar-refractivity contribution in [3.8, 4) is 11.5 Å². The molecule has 0 aliphatic carbocycles. The van der Waals surface area contributed by atoms with Crippen molar-refractivity contribution in [1.82, 2.24) is 5.32 Å². The molecule has 2 rings (SSSR count). The van der Waals surface area contributed by atoms with Crippen LogP contribution in [0.2, 0.25) is 0 Å². The summed E-state index contributed by atoms with van der Waals surface area (Å²) in [5.41, 5.74) is 3.12. The van der Waals surface area contributed by atoms with Crippen LogP contribution in [0.25, 0.3) is 0 Å². The summed E-state index contributed by atoms with van der Waals surface area (Å²) in [6.07, 6.45) is 0.0132. The lowest BCUT2D eigenvalue weighted by molar-refractivity contribution is 0.0271. The van der Waals surface area contributed by atoms with E-state index in [2.05, 4.69) is 5.32 Å². The predicted octanol–water partition coefficient (Wildman–Crippen LogP) is 1.68. The fraction of sp³-hybridized carbons (Fsp3) is 0.538. The largest absolute Gasteiger partial charge is 0.504 e. The molecule has 1 fully saturated rings. The van der Waals surface area contributed by atoms with Gasteiger partial charge < -0.3 is 19.9 Å². The normalized spacial score (nSPS) is 20.3. The van der Waals surface area contributed by atoms with E-state index >= 15 is 0 Å². The van der Waals surface area contributed by atoms with E-state index in [-0.39, 0.29) is 11.9 Å². The number of hydrogen-bond acceptors (Lipinski definition) is 4. The molecule has 17 heavy (non-hydrogen) atoms. The van der Waals surface area contributed by atoms with Crippen molar-refractivity contribution in [2.45, 2.75) is 20.0 Å². The summed E-state index contributed by atoms with van der Waals surface area (Å²) in [7, 11) is 1.57. The van der Waals surface area contributed by atoms with Crippen molar-refractivity contribution in [1.29, 1.82) is 0 Å². The summed E-state index contributed by atoms with van der Waals surface area (Å²) in [5.74, 6) is 0.731. The van der Waals surface area contributed by atoms with Crippen LogP contribution in [-0.4, -0.2) is 31.9 Å². The Bertz CT molecular complexity index is 412. The van der Waals surface area contributed by atoms with E-state index in [0.29, 0.717) is 12.4 Å². The van der Waals surface area contributed by atoms with Gasteiger partial charge in [-0.05, 0) is 36.6 Å². The number of phenolic OH excluding ortho intramolecular Hbond substituents is 1. The highest BCUT2D eigenvalue weighted by Gasteiger charge is 2.21. The molecule has 0 aromatic heterocycles. The van der Waals surface area contributed by atoms with Crippen molar-refractivity contribution in [3.63, 3.8) is 0 Å².